The molecule has 116 valence electrons. The van der Waals surface area contributed by atoms with Gasteiger partial charge in [-0.1, -0.05) is 82.6 Å². The highest BCUT2D eigenvalue weighted by Crippen LogP contribution is 2.55. The van der Waals surface area contributed by atoms with Gasteiger partial charge in [-0.3, -0.25) is 0 Å². The van der Waals surface area contributed by atoms with Crippen LogP contribution in [0.1, 0.15) is 82.6 Å². The first-order chi connectivity index (χ1) is 8.41. The first-order valence-corrected chi connectivity index (χ1v) is 8.41. The van der Waals surface area contributed by atoms with E-state index in [1.165, 1.54) is 6.42 Å². The van der Waals surface area contributed by atoms with Gasteiger partial charge in [0.2, 0.25) is 0 Å². The minimum absolute atomic E-state index is 0.361. The van der Waals surface area contributed by atoms with Gasteiger partial charge in [0.25, 0.3) is 0 Å². The van der Waals surface area contributed by atoms with Crippen molar-refractivity contribution in [1.29, 1.82) is 0 Å². The fourth-order valence-corrected chi connectivity index (χ4v) is 4.09. The van der Waals surface area contributed by atoms with Crippen LogP contribution in [-0.4, -0.2) is 0 Å². The Labute approximate surface area is 123 Å². The second-order valence-corrected chi connectivity index (χ2v) is 8.63. The molecule has 0 amide bonds. The molecule has 0 heterocycles. The van der Waals surface area contributed by atoms with Crippen LogP contribution in [0.2, 0.25) is 0 Å². The van der Waals surface area contributed by atoms with Crippen LogP contribution in [-0.2, 0) is 0 Å². The molecule has 0 saturated heterocycles. The van der Waals surface area contributed by atoms with E-state index in [2.05, 4.69) is 76.2 Å². The van der Waals surface area contributed by atoms with Gasteiger partial charge in [0.1, 0.15) is 0 Å². The van der Waals surface area contributed by atoms with Crippen LogP contribution in [0.5, 0.6) is 0 Å². The molecule has 0 heteroatoms. The zero-order valence-corrected chi connectivity index (χ0v) is 15.6. The second kappa shape index (κ2) is 6.64. The Hall–Kier alpha value is 0. The minimum atomic E-state index is 0.361. The average molecular weight is 269 g/mol. The highest BCUT2D eigenvalue weighted by atomic mass is 14.5. The van der Waals surface area contributed by atoms with E-state index >= 15 is 0 Å². The van der Waals surface area contributed by atoms with Crippen LogP contribution in [0, 0.1) is 40.4 Å². The molecular weight excluding hydrogens is 228 g/mol. The fraction of sp³-hybridized carbons (Fsp3) is 1.00. The van der Waals surface area contributed by atoms with Crippen molar-refractivity contribution < 1.29 is 0 Å². The van der Waals surface area contributed by atoms with Crippen LogP contribution in [0.15, 0.2) is 0 Å². The smallest absolute Gasteiger partial charge is 0.0267 e. The third kappa shape index (κ3) is 3.76. The molecule has 0 aliphatic heterocycles. The van der Waals surface area contributed by atoms with E-state index in [4.69, 9.17) is 0 Å². The largest absolute Gasteiger partial charge is 0.0651 e. The molecule has 0 aromatic carbocycles. The van der Waals surface area contributed by atoms with E-state index in [9.17, 15) is 0 Å². The Morgan fingerprint density at radius 1 is 0.684 bits per heavy atom. The van der Waals surface area contributed by atoms with Crippen molar-refractivity contribution in [1.82, 2.24) is 0 Å². The molecule has 0 saturated carbocycles. The summed E-state index contributed by atoms with van der Waals surface area (Å²) >= 11 is 0. The van der Waals surface area contributed by atoms with Gasteiger partial charge in [-0.05, 0) is 40.4 Å². The maximum atomic E-state index is 2.52. The molecule has 0 radical (unpaired) electrons. The summed E-state index contributed by atoms with van der Waals surface area (Å²) in [5, 5.41) is 0. The van der Waals surface area contributed by atoms with E-state index in [0.29, 0.717) is 10.8 Å². The SMILES string of the molecule is CCC(C)C(C)(C)C(C)(C)C(C(C)C)C(C)C(C)C. The summed E-state index contributed by atoms with van der Waals surface area (Å²) in [5.74, 6) is 3.83. The van der Waals surface area contributed by atoms with Gasteiger partial charge in [-0.15, -0.1) is 0 Å². The van der Waals surface area contributed by atoms with Gasteiger partial charge < -0.3 is 0 Å². The Morgan fingerprint density at radius 2 is 1.11 bits per heavy atom. The van der Waals surface area contributed by atoms with Crippen molar-refractivity contribution in [2.45, 2.75) is 82.6 Å². The average Bonchev–Trinajstić information content (AvgIpc) is 2.26. The lowest BCUT2D eigenvalue weighted by Crippen LogP contribution is -2.48. The van der Waals surface area contributed by atoms with Crippen LogP contribution in [0.25, 0.3) is 0 Å². The maximum Gasteiger partial charge on any atom is -0.0267 e. The molecule has 0 fully saturated rings. The number of rotatable bonds is 7. The Morgan fingerprint density at radius 3 is 1.37 bits per heavy atom. The molecule has 3 atom stereocenters. The van der Waals surface area contributed by atoms with Gasteiger partial charge in [0.05, 0.1) is 0 Å². The minimum Gasteiger partial charge on any atom is -0.0651 e. The molecule has 0 aromatic heterocycles. The molecule has 0 bridgehead atoms. The Bertz CT molecular complexity index is 257. The summed E-state index contributed by atoms with van der Waals surface area (Å²) in [7, 11) is 0. The Balaban J connectivity index is 5.54. The summed E-state index contributed by atoms with van der Waals surface area (Å²) < 4.78 is 0. The third-order valence-corrected chi connectivity index (χ3v) is 6.67. The zero-order chi connectivity index (χ0) is 15.6. The first kappa shape index (κ1) is 19.0. The predicted octanol–water partition coefficient (Wildman–Crippen LogP) is 6.65. The molecule has 3 unspecified atom stereocenters. The summed E-state index contributed by atoms with van der Waals surface area (Å²) in [4.78, 5) is 0. The summed E-state index contributed by atoms with van der Waals surface area (Å²) in [6.07, 6.45) is 1.28. The van der Waals surface area contributed by atoms with Crippen molar-refractivity contribution in [3.63, 3.8) is 0 Å². The lowest BCUT2D eigenvalue weighted by Gasteiger charge is -2.54. The molecule has 0 rings (SSSR count). The predicted molar refractivity (Wildman–Crippen MR) is 89.3 cm³/mol. The highest BCUT2D eigenvalue weighted by Gasteiger charge is 2.48. The molecule has 19 heavy (non-hydrogen) atoms. The summed E-state index contributed by atoms with van der Waals surface area (Å²) in [6, 6.07) is 0. The van der Waals surface area contributed by atoms with Crippen molar-refractivity contribution in [2.24, 2.45) is 40.4 Å². The van der Waals surface area contributed by atoms with Crippen molar-refractivity contribution in [3.8, 4) is 0 Å². The second-order valence-electron chi connectivity index (χ2n) is 8.63. The first-order valence-electron chi connectivity index (χ1n) is 8.41. The number of hydrogen-bond acceptors (Lipinski definition) is 0. The lowest BCUT2D eigenvalue weighted by atomic mass is 9.51. The summed E-state index contributed by atoms with van der Waals surface area (Å²) in [5.41, 5.74) is 0.736. The van der Waals surface area contributed by atoms with Crippen LogP contribution in [0.4, 0.5) is 0 Å². The molecule has 0 spiro atoms. The highest BCUT2D eigenvalue weighted by molar-refractivity contribution is 4.96. The quantitative estimate of drug-likeness (QED) is 0.485. The van der Waals surface area contributed by atoms with Gasteiger partial charge in [0.15, 0.2) is 0 Å². The molecule has 0 N–H and O–H groups in total. The normalized spacial score (nSPS) is 18.8. The molecule has 0 aromatic rings. The zero-order valence-electron chi connectivity index (χ0n) is 15.6. The van der Waals surface area contributed by atoms with Crippen LogP contribution >= 0.6 is 0 Å². The van der Waals surface area contributed by atoms with E-state index in [1.807, 2.05) is 0 Å². The molecule has 0 nitrogen and oxygen atoms in total. The van der Waals surface area contributed by atoms with E-state index < -0.39 is 0 Å². The van der Waals surface area contributed by atoms with Gasteiger partial charge in [-0.2, -0.15) is 0 Å². The van der Waals surface area contributed by atoms with Crippen molar-refractivity contribution in [2.75, 3.05) is 0 Å². The third-order valence-electron chi connectivity index (χ3n) is 6.67. The standard InChI is InChI=1S/C19H40/c1-12-15(6)18(8,9)19(10,11)17(14(4)5)16(7)13(2)3/h13-17H,12H2,1-11H3. The maximum absolute atomic E-state index is 2.52. The van der Waals surface area contributed by atoms with Crippen LogP contribution < -0.4 is 0 Å². The molecule has 0 aliphatic carbocycles. The van der Waals surface area contributed by atoms with Crippen molar-refractivity contribution in [3.05, 3.63) is 0 Å². The summed E-state index contributed by atoms with van der Waals surface area (Å²) in [6.45, 7) is 26.8. The molecule has 0 aliphatic rings. The number of hydrogen-bond donors (Lipinski definition) is 0. The monoisotopic (exact) mass is 268 g/mol. The topological polar surface area (TPSA) is 0 Å². The lowest BCUT2D eigenvalue weighted by molar-refractivity contribution is -0.0567. The van der Waals surface area contributed by atoms with Gasteiger partial charge >= 0.3 is 0 Å². The van der Waals surface area contributed by atoms with Gasteiger partial charge in [0, 0.05) is 0 Å². The van der Waals surface area contributed by atoms with E-state index in [-0.39, 0.29) is 0 Å². The van der Waals surface area contributed by atoms with Gasteiger partial charge in [-0.25, -0.2) is 0 Å². The van der Waals surface area contributed by atoms with Crippen LogP contribution in [0.3, 0.4) is 0 Å². The van der Waals surface area contributed by atoms with E-state index in [0.717, 1.165) is 29.6 Å². The van der Waals surface area contributed by atoms with E-state index in [1.54, 1.807) is 0 Å². The van der Waals surface area contributed by atoms with Crippen molar-refractivity contribution >= 4 is 0 Å². The molecular formula is C19H40. The fourth-order valence-electron chi connectivity index (χ4n) is 4.09. The Kier molecular flexibility index (Phi) is 6.64.